The van der Waals surface area contributed by atoms with Crippen LogP contribution in [0.4, 0.5) is 5.82 Å². The van der Waals surface area contributed by atoms with E-state index >= 15 is 0 Å². The van der Waals surface area contributed by atoms with Crippen LogP contribution in [0.1, 0.15) is 30.5 Å². The third-order valence-electron chi connectivity index (χ3n) is 4.36. The first kappa shape index (κ1) is 11.2. The minimum Gasteiger partial charge on any atom is -0.378 e. The van der Waals surface area contributed by atoms with Crippen molar-refractivity contribution < 1.29 is 4.74 Å². The average molecular weight is 258 g/mol. The van der Waals surface area contributed by atoms with Crippen LogP contribution in [0.25, 0.3) is 5.65 Å². The number of aromatic nitrogens is 3. The number of hydrogen-bond acceptors (Lipinski definition) is 4. The zero-order valence-electron chi connectivity index (χ0n) is 11.2. The van der Waals surface area contributed by atoms with E-state index in [-0.39, 0.29) is 0 Å². The van der Waals surface area contributed by atoms with Gasteiger partial charge in [-0.15, -0.1) is 0 Å². The molecule has 0 amide bonds. The van der Waals surface area contributed by atoms with Crippen LogP contribution in [0.3, 0.4) is 0 Å². The van der Waals surface area contributed by atoms with E-state index < -0.39 is 0 Å². The van der Waals surface area contributed by atoms with Gasteiger partial charge in [0.25, 0.3) is 0 Å². The second kappa shape index (κ2) is 4.20. The van der Waals surface area contributed by atoms with E-state index in [1.165, 1.54) is 30.6 Å². The van der Waals surface area contributed by atoms with Crippen molar-refractivity contribution in [2.75, 3.05) is 18.6 Å². The molecule has 0 saturated heterocycles. The van der Waals surface area contributed by atoms with Gasteiger partial charge in [-0.05, 0) is 25.7 Å². The Labute approximate surface area is 112 Å². The van der Waals surface area contributed by atoms with Crippen molar-refractivity contribution in [2.45, 2.75) is 38.3 Å². The fraction of sp³-hybridized carbons (Fsp3) is 0.571. The Hall–Kier alpha value is -1.62. The number of nitrogens with zero attached hydrogens (tertiary/aromatic N) is 4. The molecule has 2 aromatic rings. The Balaban J connectivity index is 1.89. The minimum absolute atomic E-state index is 0.586. The van der Waals surface area contributed by atoms with Gasteiger partial charge < -0.3 is 9.64 Å². The van der Waals surface area contributed by atoms with Gasteiger partial charge in [0.05, 0.1) is 18.5 Å². The molecule has 0 spiro atoms. The van der Waals surface area contributed by atoms with Crippen molar-refractivity contribution in [3.8, 4) is 0 Å². The Morgan fingerprint density at radius 3 is 3.05 bits per heavy atom. The topological polar surface area (TPSA) is 42.7 Å². The summed E-state index contributed by atoms with van der Waals surface area (Å²) >= 11 is 0. The third-order valence-corrected chi connectivity index (χ3v) is 4.36. The van der Waals surface area contributed by atoms with E-state index in [1.807, 2.05) is 16.8 Å². The summed E-state index contributed by atoms with van der Waals surface area (Å²) < 4.78 is 7.30. The lowest BCUT2D eigenvalue weighted by Crippen LogP contribution is -2.39. The van der Waals surface area contributed by atoms with Crippen molar-refractivity contribution >= 4 is 11.5 Å². The van der Waals surface area contributed by atoms with Crippen LogP contribution in [0.2, 0.25) is 0 Å². The maximum Gasteiger partial charge on any atom is 0.157 e. The fourth-order valence-electron chi connectivity index (χ4n) is 3.21. The summed E-state index contributed by atoms with van der Waals surface area (Å²) in [6, 6.07) is 2.67. The van der Waals surface area contributed by atoms with Gasteiger partial charge >= 0.3 is 0 Å². The standard InChI is InChI=1S/C14H18N4O/c1-19-9-12-11-6-8-17(10-3-2-4-10)14(11)18-13(16-12)5-7-15-18/h5,7,10H,2-4,6,8-9H2,1H3. The number of ether oxygens (including phenoxy) is 1. The highest BCUT2D eigenvalue weighted by molar-refractivity contribution is 5.61. The van der Waals surface area contributed by atoms with Crippen LogP contribution in [-0.4, -0.2) is 34.3 Å². The largest absolute Gasteiger partial charge is 0.378 e. The predicted octanol–water partition coefficient (Wildman–Crippen LogP) is 1.79. The van der Waals surface area contributed by atoms with Crippen LogP contribution in [0.5, 0.6) is 0 Å². The fourth-order valence-corrected chi connectivity index (χ4v) is 3.21. The quantitative estimate of drug-likeness (QED) is 0.842. The first-order chi connectivity index (χ1) is 9.38. The zero-order valence-corrected chi connectivity index (χ0v) is 11.2. The van der Waals surface area contributed by atoms with Crippen LogP contribution in [0, 0.1) is 0 Å². The van der Waals surface area contributed by atoms with Crippen molar-refractivity contribution in [2.24, 2.45) is 0 Å². The van der Waals surface area contributed by atoms with Gasteiger partial charge in [0, 0.05) is 31.3 Å². The van der Waals surface area contributed by atoms with Gasteiger partial charge in [0.1, 0.15) is 5.82 Å². The Bertz CT molecular complexity index is 617. The van der Waals surface area contributed by atoms with Crippen LogP contribution < -0.4 is 4.90 Å². The van der Waals surface area contributed by atoms with E-state index in [0.717, 1.165) is 24.3 Å². The van der Waals surface area contributed by atoms with E-state index in [4.69, 9.17) is 4.74 Å². The molecule has 4 rings (SSSR count). The first-order valence-corrected chi connectivity index (χ1v) is 6.99. The number of methoxy groups -OCH3 is 1. The lowest BCUT2D eigenvalue weighted by atomic mass is 9.92. The summed E-state index contributed by atoms with van der Waals surface area (Å²) in [6.07, 6.45) is 6.87. The molecule has 1 fully saturated rings. The Morgan fingerprint density at radius 1 is 1.42 bits per heavy atom. The predicted molar refractivity (Wildman–Crippen MR) is 72.4 cm³/mol. The van der Waals surface area contributed by atoms with Gasteiger partial charge in [-0.25, -0.2) is 4.98 Å². The van der Waals surface area contributed by atoms with Crippen LogP contribution in [-0.2, 0) is 17.8 Å². The molecule has 0 radical (unpaired) electrons. The van der Waals surface area contributed by atoms with Gasteiger partial charge in [-0.1, -0.05) is 0 Å². The maximum absolute atomic E-state index is 5.30. The van der Waals surface area contributed by atoms with E-state index in [0.29, 0.717) is 12.6 Å². The summed E-state index contributed by atoms with van der Waals surface area (Å²) in [5.41, 5.74) is 3.33. The summed E-state index contributed by atoms with van der Waals surface area (Å²) in [4.78, 5) is 7.21. The molecule has 5 nitrogen and oxygen atoms in total. The molecule has 100 valence electrons. The van der Waals surface area contributed by atoms with Crippen LogP contribution >= 0.6 is 0 Å². The second-order valence-electron chi connectivity index (χ2n) is 5.42. The Kier molecular flexibility index (Phi) is 2.48. The molecule has 0 unspecified atom stereocenters. The molecule has 1 aliphatic heterocycles. The second-order valence-corrected chi connectivity index (χ2v) is 5.42. The molecule has 5 heteroatoms. The summed E-state index contributed by atoms with van der Waals surface area (Å²) in [7, 11) is 1.73. The Morgan fingerprint density at radius 2 is 2.32 bits per heavy atom. The monoisotopic (exact) mass is 258 g/mol. The molecule has 2 aromatic heterocycles. The number of anilines is 1. The minimum atomic E-state index is 0.586. The average Bonchev–Trinajstić information content (AvgIpc) is 2.93. The first-order valence-electron chi connectivity index (χ1n) is 6.99. The van der Waals surface area contributed by atoms with Crippen molar-refractivity contribution in [3.05, 3.63) is 23.5 Å². The summed E-state index contributed by atoms with van der Waals surface area (Å²) in [5, 5.41) is 4.45. The molecule has 3 heterocycles. The summed E-state index contributed by atoms with van der Waals surface area (Å²) in [6.45, 7) is 1.68. The molecule has 0 atom stereocenters. The smallest absolute Gasteiger partial charge is 0.157 e. The molecule has 0 aromatic carbocycles. The molecule has 1 aliphatic carbocycles. The normalized spacial score (nSPS) is 18.9. The molecular formula is C14H18N4O. The number of rotatable bonds is 3. The number of hydrogen-bond donors (Lipinski definition) is 0. The molecule has 19 heavy (non-hydrogen) atoms. The number of fused-ring (bicyclic) bond motifs is 3. The molecular weight excluding hydrogens is 240 g/mol. The van der Waals surface area contributed by atoms with E-state index in [1.54, 1.807) is 7.11 Å². The van der Waals surface area contributed by atoms with Gasteiger partial charge in [0.2, 0.25) is 0 Å². The van der Waals surface area contributed by atoms with Gasteiger partial charge in [0.15, 0.2) is 5.65 Å². The van der Waals surface area contributed by atoms with Gasteiger partial charge in [-0.3, -0.25) is 0 Å². The highest BCUT2D eigenvalue weighted by Gasteiger charge is 2.34. The zero-order chi connectivity index (χ0) is 12.8. The van der Waals surface area contributed by atoms with E-state index in [9.17, 15) is 0 Å². The van der Waals surface area contributed by atoms with Gasteiger partial charge in [-0.2, -0.15) is 9.61 Å². The SMILES string of the molecule is COCc1nc2ccnn2c2c1CCN2C1CCC1. The highest BCUT2D eigenvalue weighted by atomic mass is 16.5. The summed E-state index contributed by atoms with van der Waals surface area (Å²) in [5.74, 6) is 1.26. The maximum atomic E-state index is 5.30. The van der Waals surface area contributed by atoms with E-state index in [2.05, 4.69) is 15.0 Å². The lowest BCUT2D eigenvalue weighted by molar-refractivity contribution is 0.181. The van der Waals surface area contributed by atoms with Crippen LogP contribution in [0.15, 0.2) is 12.3 Å². The van der Waals surface area contributed by atoms with Crippen molar-refractivity contribution in [3.63, 3.8) is 0 Å². The molecule has 1 saturated carbocycles. The molecule has 2 aliphatic rings. The lowest BCUT2D eigenvalue weighted by Gasteiger charge is -2.36. The van der Waals surface area contributed by atoms with Crippen molar-refractivity contribution in [1.29, 1.82) is 0 Å². The third kappa shape index (κ3) is 1.57. The molecule has 0 bridgehead atoms. The van der Waals surface area contributed by atoms with Crippen molar-refractivity contribution in [1.82, 2.24) is 14.6 Å². The molecule has 0 N–H and O–H groups in total. The highest BCUT2D eigenvalue weighted by Crippen LogP contribution is 2.37.